The lowest BCUT2D eigenvalue weighted by atomic mass is 10.1. The minimum absolute atomic E-state index is 0.157. The van der Waals surface area contributed by atoms with Crippen molar-refractivity contribution < 1.29 is 36.3 Å². The van der Waals surface area contributed by atoms with Gasteiger partial charge in [-0.05, 0) is 66.6 Å². The van der Waals surface area contributed by atoms with Crippen LogP contribution < -0.4 is 15.5 Å². The Bertz CT molecular complexity index is 1360. The Labute approximate surface area is 207 Å². The average molecular weight is 518 g/mol. The van der Waals surface area contributed by atoms with Gasteiger partial charge in [-0.2, -0.15) is 5.10 Å². The third-order valence-corrected chi connectivity index (χ3v) is 5.59. The smallest absolute Gasteiger partial charge is 0.406 e. The van der Waals surface area contributed by atoms with Gasteiger partial charge in [-0.1, -0.05) is 12.1 Å². The number of nitrogens with one attached hydrogen (secondary N) is 2. The van der Waals surface area contributed by atoms with E-state index in [2.05, 4.69) is 20.6 Å². The van der Waals surface area contributed by atoms with Crippen molar-refractivity contribution in [3.63, 3.8) is 0 Å². The van der Waals surface area contributed by atoms with Gasteiger partial charge < -0.3 is 15.0 Å². The van der Waals surface area contributed by atoms with Gasteiger partial charge in [0.25, 0.3) is 5.91 Å². The van der Waals surface area contributed by atoms with Crippen molar-refractivity contribution in [1.82, 2.24) is 10.3 Å². The second-order valence-corrected chi connectivity index (χ2v) is 8.05. The molecule has 1 aliphatic rings. The molecule has 0 saturated heterocycles. The number of amides is 3. The fourth-order valence-corrected chi connectivity index (χ4v) is 3.90. The molecule has 4 rings (SSSR count). The summed E-state index contributed by atoms with van der Waals surface area (Å²) < 4.78 is 68.7. The van der Waals surface area contributed by atoms with Gasteiger partial charge >= 0.3 is 12.4 Å². The molecule has 0 heterocycles. The Kier molecular flexibility index (Phi) is 7.09. The standard InChI is InChI=1S/C25H19F5N4O3/c1-34(23(35)19-4-2-3-5-20(19)27)21-13-14-12-15(26)6-11-18(14)22(21)32-33-24(36)31-16-7-9-17(10-8-16)37-25(28,29)30/h2-12,21H,13H2,1H3,(H2,31,33,36)/b32-22+. The highest BCUT2D eigenvalue weighted by Crippen LogP contribution is 2.28. The van der Waals surface area contributed by atoms with Crippen molar-refractivity contribution in [1.29, 1.82) is 0 Å². The number of fused-ring (bicyclic) bond motifs is 1. The van der Waals surface area contributed by atoms with Crippen molar-refractivity contribution in [2.45, 2.75) is 18.8 Å². The molecule has 0 aromatic heterocycles. The summed E-state index contributed by atoms with van der Waals surface area (Å²) in [7, 11) is 1.45. The van der Waals surface area contributed by atoms with Gasteiger partial charge in [-0.3, -0.25) is 4.79 Å². The van der Waals surface area contributed by atoms with Crippen LogP contribution in [0.2, 0.25) is 0 Å². The number of likely N-dealkylation sites (N-methyl/N-ethyl adjacent to an activating group) is 1. The zero-order valence-corrected chi connectivity index (χ0v) is 19.1. The molecule has 3 amide bonds. The molecule has 12 heteroatoms. The van der Waals surface area contributed by atoms with Crippen LogP contribution in [0.3, 0.4) is 0 Å². The molecule has 1 atom stereocenters. The number of carbonyl (C=O) groups excluding carboxylic acids is 2. The number of ether oxygens (including phenoxy) is 1. The molecular weight excluding hydrogens is 499 g/mol. The number of alkyl halides is 3. The second-order valence-electron chi connectivity index (χ2n) is 8.05. The summed E-state index contributed by atoms with van der Waals surface area (Å²) in [5.74, 6) is -2.29. The van der Waals surface area contributed by atoms with Crippen molar-refractivity contribution >= 4 is 23.3 Å². The molecule has 2 N–H and O–H groups in total. The summed E-state index contributed by atoms with van der Waals surface area (Å²) in [6, 6.07) is 12.3. The maximum absolute atomic E-state index is 14.2. The fourth-order valence-electron chi connectivity index (χ4n) is 3.90. The van der Waals surface area contributed by atoms with Crippen LogP contribution in [0.1, 0.15) is 21.5 Å². The van der Waals surface area contributed by atoms with Crippen molar-refractivity contribution in [3.05, 3.63) is 95.1 Å². The van der Waals surface area contributed by atoms with E-state index in [0.29, 0.717) is 11.1 Å². The van der Waals surface area contributed by atoms with E-state index in [0.717, 1.165) is 18.2 Å². The molecule has 1 unspecified atom stereocenters. The van der Waals surface area contributed by atoms with Gasteiger partial charge in [-0.15, -0.1) is 13.2 Å². The number of hydrazone groups is 1. The van der Waals surface area contributed by atoms with Gasteiger partial charge in [0.15, 0.2) is 0 Å². The summed E-state index contributed by atoms with van der Waals surface area (Å²) in [5, 5.41) is 6.53. The first-order chi connectivity index (χ1) is 17.5. The number of anilines is 1. The molecule has 1 aliphatic carbocycles. The minimum atomic E-state index is -4.85. The molecule has 192 valence electrons. The second kappa shape index (κ2) is 10.2. The number of hydrogen-bond donors (Lipinski definition) is 2. The molecule has 0 fully saturated rings. The van der Waals surface area contributed by atoms with Gasteiger partial charge in [0.1, 0.15) is 17.4 Å². The van der Waals surface area contributed by atoms with E-state index in [4.69, 9.17) is 0 Å². The van der Waals surface area contributed by atoms with Crippen LogP contribution in [0, 0.1) is 11.6 Å². The molecule has 0 aliphatic heterocycles. The van der Waals surface area contributed by atoms with Crippen molar-refractivity contribution in [3.8, 4) is 5.75 Å². The summed E-state index contributed by atoms with van der Waals surface area (Å²) in [6.45, 7) is 0. The molecule has 0 spiro atoms. The zero-order chi connectivity index (χ0) is 26.7. The first kappa shape index (κ1) is 25.6. The van der Waals surface area contributed by atoms with E-state index in [9.17, 15) is 31.5 Å². The van der Waals surface area contributed by atoms with Crippen LogP contribution in [0.5, 0.6) is 5.75 Å². The number of nitrogens with zero attached hydrogens (tertiary/aromatic N) is 2. The molecule has 37 heavy (non-hydrogen) atoms. The Hall–Kier alpha value is -4.48. The van der Waals surface area contributed by atoms with Crippen LogP contribution in [-0.2, 0) is 6.42 Å². The Morgan fingerprint density at radius 3 is 2.41 bits per heavy atom. The summed E-state index contributed by atoms with van der Waals surface area (Å²) in [6.07, 6.45) is -4.67. The SMILES string of the molecule is CN(C(=O)c1ccccc1F)C1Cc2cc(F)ccc2/C1=N\NC(=O)Nc1ccc(OC(F)(F)F)cc1. The van der Waals surface area contributed by atoms with Crippen LogP contribution in [0.25, 0.3) is 0 Å². The monoisotopic (exact) mass is 518 g/mol. The van der Waals surface area contributed by atoms with Crippen LogP contribution >= 0.6 is 0 Å². The highest BCUT2D eigenvalue weighted by molar-refractivity contribution is 6.11. The summed E-state index contributed by atoms with van der Waals surface area (Å²) in [5.41, 5.74) is 3.55. The highest BCUT2D eigenvalue weighted by atomic mass is 19.4. The number of hydrogen-bond acceptors (Lipinski definition) is 4. The van der Waals surface area contributed by atoms with Crippen LogP contribution in [0.4, 0.5) is 32.4 Å². The first-order valence-corrected chi connectivity index (χ1v) is 10.8. The quantitative estimate of drug-likeness (QED) is 0.365. The van der Waals surface area contributed by atoms with E-state index in [-0.39, 0.29) is 23.4 Å². The molecular formula is C25H19F5N4O3. The van der Waals surface area contributed by atoms with Gasteiger partial charge in [-0.25, -0.2) is 19.0 Å². The van der Waals surface area contributed by atoms with E-state index < -0.39 is 41.7 Å². The van der Waals surface area contributed by atoms with Gasteiger partial charge in [0.05, 0.1) is 17.3 Å². The highest BCUT2D eigenvalue weighted by Gasteiger charge is 2.35. The normalized spacial score (nSPS) is 15.7. The molecule has 7 nitrogen and oxygen atoms in total. The topological polar surface area (TPSA) is 83.0 Å². The predicted molar refractivity (Wildman–Crippen MR) is 124 cm³/mol. The Morgan fingerprint density at radius 1 is 1.03 bits per heavy atom. The number of carbonyl (C=O) groups is 2. The minimum Gasteiger partial charge on any atom is -0.406 e. The van der Waals surface area contributed by atoms with E-state index in [1.54, 1.807) is 0 Å². The van der Waals surface area contributed by atoms with E-state index in [1.165, 1.54) is 60.5 Å². The third kappa shape index (κ3) is 6.02. The molecule has 3 aromatic rings. The van der Waals surface area contributed by atoms with Gasteiger partial charge in [0, 0.05) is 18.3 Å². The third-order valence-electron chi connectivity index (χ3n) is 5.59. The summed E-state index contributed by atoms with van der Waals surface area (Å²) >= 11 is 0. The lowest BCUT2D eigenvalue weighted by molar-refractivity contribution is -0.274. The fraction of sp³-hybridized carbons (Fsp3) is 0.160. The lowest BCUT2D eigenvalue weighted by Crippen LogP contribution is -2.42. The molecule has 3 aromatic carbocycles. The number of halogens is 5. The average Bonchev–Trinajstić information content (AvgIpc) is 3.20. The van der Waals surface area contributed by atoms with Crippen molar-refractivity contribution in [2.24, 2.45) is 5.10 Å². The maximum atomic E-state index is 14.2. The summed E-state index contributed by atoms with van der Waals surface area (Å²) in [4.78, 5) is 26.6. The van der Waals surface area contributed by atoms with E-state index in [1.807, 2.05) is 0 Å². The molecule has 0 saturated carbocycles. The lowest BCUT2D eigenvalue weighted by Gasteiger charge is -2.25. The number of benzene rings is 3. The first-order valence-electron chi connectivity index (χ1n) is 10.8. The predicted octanol–water partition coefficient (Wildman–Crippen LogP) is 5.09. The van der Waals surface area contributed by atoms with Gasteiger partial charge in [0.2, 0.25) is 0 Å². The number of urea groups is 1. The zero-order valence-electron chi connectivity index (χ0n) is 19.1. The van der Waals surface area contributed by atoms with Crippen LogP contribution in [0.15, 0.2) is 71.8 Å². The number of rotatable bonds is 5. The van der Waals surface area contributed by atoms with Crippen molar-refractivity contribution in [2.75, 3.05) is 12.4 Å². The largest absolute Gasteiger partial charge is 0.573 e. The van der Waals surface area contributed by atoms with E-state index >= 15 is 0 Å². The molecule has 0 bridgehead atoms. The Morgan fingerprint density at radius 2 is 1.73 bits per heavy atom. The molecule has 0 radical (unpaired) electrons. The van der Waals surface area contributed by atoms with Crippen LogP contribution in [-0.4, -0.2) is 42.0 Å². The maximum Gasteiger partial charge on any atom is 0.573 e. The Balaban J connectivity index is 1.52.